The van der Waals surface area contributed by atoms with Crippen LogP contribution in [0, 0.1) is 5.92 Å². The summed E-state index contributed by atoms with van der Waals surface area (Å²) in [4.78, 5) is 36.3. The molecule has 1 amide bonds. The van der Waals surface area contributed by atoms with Crippen molar-refractivity contribution in [3.63, 3.8) is 0 Å². The number of likely N-dealkylation sites (tertiary alicyclic amines) is 2. The van der Waals surface area contributed by atoms with Crippen molar-refractivity contribution in [1.29, 1.82) is 0 Å². The molecular formula is C18H27N5O3. The number of carbonyl (C=O) groups excluding carboxylic acids is 1. The highest BCUT2D eigenvalue weighted by molar-refractivity contribution is 5.88. The normalized spacial score (nSPS) is 22.8. The maximum Gasteiger partial charge on any atom is 0.309 e. The molecule has 0 saturated carbocycles. The number of hydrogen-bond donors (Lipinski definition) is 2. The molecule has 26 heavy (non-hydrogen) atoms. The van der Waals surface area contributed by atoms with Crippen LogP contribution in [0.25, 0.3) is 0 Å². The SMILES string of the molecule is CCCNc1ncc(CN2CCC3(CC2)[C@@H](C(=O)O)CC(=O)N3C)cn1. The molecule has 0 aromatic carbocycles. The predicted molar refractivity (Wildman–Crippen MR) is 96.6 cm³/mol. The van der Waals surface area contributed by atoms with Crippen LogP contribution in [0.1, 0.15) is 38.2 Å². The van der Waals surface area contributed by atoms with Crippen molar-refractivity contribution < 1.29 is 14.7 Å². The van der Waals surface area contributed by atoms with Crippen LogP contribution in [0.4, 0.5) is 5.95 Å². The molecule has 0 bridgehead atoms. The Morgan fingerprint density at radius 2 is 2.00 bits per heavy atom. The van der Waals surface area contributed by atoms with E-state index < -0.39 is 17.4 Å². The zero-order chi connectivity index (χ0) is 18.7. The van der Waals surface area contributed by atoms with Gasteiger partial charge in [-0.2, -0.15) is 0 Å². The fourth-order valence-corrected chi connectivity index (χ4v) is 4.11. The summed E-state index contributed by atoms with van der Waals surface area (Å²) in [5, 5.41) is 12.7. The minimum atomic E-state index is -0.861. The molecule has 142 valence electrons. The molecular weight excluding hydrogens is 334 g/mol. The molecule has 1 aromatic rings. The van der Waals surface area contributed by atoms with Crippen molar-refractivity contribution in [2.45, 2.75) is 44.7 Å². The summed E-state index contributed by atoms with van der Waals surface area (Å²) in [6, 6.07) is 0. The van der Waals surface area contributed by atoms with Crippen molar-refractivity contribution in [2.24, 2.45) is 5.92 Å². The van der Waals surface area contributed by atoms with E-state index in [1.54, 1.807) is 11.9 Å². The Labute approximate surface area is 153 Å². The van der Waals surface area contributed by atoms with Crippen LogP contribution in [0.2, 0.25) is 0 Å². The van der Waals surface area contributed by atoms with Gasteiger partial charge in [0.2, 0.25) is 11.9 Å². The first-order valence-electron chi connectivity index (χ1n) is 9.23. The van der Waals surface area contributed by atoms with E-state index in [1.165, 1.54) is 0 Å². The van der Waals surface area contributed by atoms with Crippen molar-refractivity contribution in [2.75, 3.05) is 32.0 Å². The van der Waals surface area contributed by atoms with E-state index in [0.717, 1.165) is 38.2 Å². The van der Waals surface area contributed by atoms with Crippen LogP contribution in [-0.2, 0) is 16.1 Å². The van der Waals surface area contributed by atoms with Crippen molar-refractivity contribution in [1.82, 2.24) is 19.8 Å². The molecule has 8 nitrogen and oxygen atoms in total. The van der Waals surface area contributed by atoms with E-state index in [9.17, 15) is 14.7 Å². The lowest BCUT2D eigenvalue weighted by Crippen LogP contribution is -2.55. The van der Waals surface area contributed by atoms with Crippen LogP contribution in [0.3, 0.4) is 0 Å². The summed E-state index contributed by atoms with van der Waals surface area (Å²) in [5.41, 5.74) is 0.498. The topological polar surface area (TPSA) is 98.7 Å². The minimum absolute atomic E-state index is 0.0607. The highest BCUT2D eigenvalue weighted by atomic mass is 16.4. The third-order valence-electron chi connectivity index (χ3n) is 5.73. The second-order valence-corrected chi connectivity index (χ2v) is 7.27. The molecule has 1 atom stereocenters. The van der Waals surface area contributed by atoms with Gasteiger partial charge >= 0.3 is 5.97 Å². The Bertz CT molecular complexity index is 655. The van der Waals surface area contributed by atoms with E-state index in [2.05, 4.69) is 27.1 Å². The van der Waals surface area contributed by atoms with Gasteiger partial charge in [-0.3, -0.25) is 14.5 Å². The maximum atomic E-state index is 12.1. The van der Waals surface area contributed by atoms with Gasteiger partial charge in [-0.1, -0.05) is 6.92 Å². The number of aliphatic carboxylic acids is 1. The zero-order valence-corrected chi connectivity index (χ0v) is 15.4. The van der Waals surface area contributed by atoms with Crippen molar-refractivity contribution in [3.8, 4) is 0 Å². The highest BCUT2D eigenvalue weighted by Gasteiger charge is 2.55. The first-order chi connectivity index (χ1) is 12.5. The smallest absolute Gasteiger partial charge is 0.309 e. The molecule has 3 heterocycles. The van der Waals surface area contributed by atoms with Crippen LogP contribution < -0.4 is 5.32 Å². The average Bonchev–Trinajstić information content (AvgIpc) is 2.88. The summed E-state index contributed by atoms with van der Waals surface area (Å²) in [5.74, 6) is -0.882. The number of amides is 1. The van der Waals surface area contributed by atoms with E-state index in [0.29, 0.717) is 18.8 Å². The minimum Gasteiger partial charge on any atom is -0.481 e. The summed E-state index contributed by atoms with van der Waals surface area (Å²) in [6.07, 6.45) is 6.18. The molecule has 0 unspecified atom stereocenters. The second-order valence-electron chi connectivity index (χ2n) is 7.27. The Kier molecular flexibility index (Phi) is 5.41. The number of carbonyl (C=O) groups is 2. The third-order valence-corrected chi connectivity index (χ3v) is 5.73. The van der Waals surface area contributed by atoms with Crippen LogP contribution in [-0.4, -0.2) is 69.0 Å². The summed E-state index contributed by atoms with van der Waals surface area (Å²) in [7, 11) is 1.75. The van der Waals surface area contributed by atoms with Gasteiger partial charge in [-0.25, -0.2) is 9.97 Å². The number of nitrogens with one attached hydrogen (secondary N) is 1. The monoisotopic (exact) mass is 361 g/mol. The van der Waals surface area contributed by atoms with Gasteiger partial charge < -0.3 is 15.3 Å². The lowest BCUT2D eigenvalue weighted by molar-refractivity contribution is -0.146. The number of rotatable bonds is 6. The molecule has 8 heteroatoms. The van der Waals surface area contributed by atoms with Crippen molar-refractivity contribution >= 4 is 17.8 Å². The van der Waals surface area contributed by atoms with Gasteiger partial charge in [0, 0.05) is 57.6 Å². The highest BCUT2D eigenvalue weighted by Crippen LogP contribution is 2.42. The first kappa shape index (κ1) is 18.6. The fourth-order valence-electron chi connectivity index (χ4n) is 4.11. The number of nitrogens with zero attached hydrogens (tertiary/aromatic N) is 4. The Hall–Kier alpha value is -2.22. The molecule has 2 fully saturated rings. The van der Waals surface area contributed by atoms with E-state index >= 15 is 0 Å². The molecule has 0 radical (unpaired) electrons. The van der Waals surface area contributed by atoms with Crippen LogP contribution >= 0.6 is 0 Å². The first-order valence-corrected chi connectivity index (χ1v) is 9.23. The van der Waals surface area contributed by atoms with Gasteiger partial charge in [-0.15, -0.1) is 0 Å². The largest absolute Gasteiger partial charge is 0.481 e. The van der Waals surface area contributed by atoms with E-state index in [4.69, 9.17) is 0 Å². The van der Waals surface area contributed by atoms with Gasteiger partial charge in [-0.05, 0) is 19.3 Å². The number of hydrogen-bond acceptors (Lipinski definition) is 6. The summed E-state index contributed by atoms with van der Waals surface area (Å²) >= 11 is 0. The molecule has 3 rings (SSSR count). The molecule has 2 N–H and O–H groups in total. The standard InChI is InChI=1S/C18H27N5O3/c1-3-6-19-17-20-10-13(11-21-17)12-23-7-4-18(5-8-23)14(16(25)26)9-15(24)22(18)2/h10-11,14H,3-9,12H2,1-2H3,(H,25,26)(H,19,20,21)/t14-/m1/s1. The van der Waals surface area contributed by atoms with Gasteiger partial charge in [0.05, 0.1) is 11.5 Å². The lowest BCUT2D eigenvalue weighted by Gasteiger charge is -2.45. The third kappa shape index (κ3) is 3.51. The molecule has 2 aliphatic heterocycles. The number of anilines is 1. The quantitative estimate of drug-likeness (QED) is 0.785. The van der Waals surface area contributed by atoms with Gasteiger partial charge in [0.15, 0.2) is 0 Å². The maximum absolute atomic E-state index is 12.1. The predicted octanol–water partition coefficient (Wildman–Crippen LogP) is 1.20. The van der Waals surface area contributed by atoms with Crippen molar-refractivity contribution in [3.05, 3.63) is 18.0 Å². The van der Waals surface area contributed by atoms with E-state index in [-0.39, 0.29) is 12.3 Å². The zero-order valence-electron chi connectivity index (χ0n) is 15.4. The fraction of sp³-hybridized carbons (Fsp3) is 0.667. The average molecular weight is 361 g/mol. The Morgan fingerprint density at radius 1 is 1.35 bits per heavy atom. The molecule has 0 aliphatic carbocycles. The van der Waals surface area contributed by atoms with Crippen LogP contribution in [0.5, 0.6) is 0 Å². The van der Waals surface area contributed by atoms with Crippen LogP contribution in [0.15, 0.2) is 12.4 Å². The molecule has 1 aromatic heterocycles. The summed E-state index contributed by atoms with van der Waals surface area (Å²) in [6.45, 7) is 5.20. The second kappa shape index (κ2) is 7.57. The number of aromatic nitrogens is 2. The lowest BCUT2D eigenvalue weighted by atomic mass is 9.77. The number of carboxylic acids is 1. The van der Waals surface area contributed by atoms with E-state index in [1.807, 2.05) is 12.4 Å². The van der Waals surface area contributed by atoms with Gasteiger partial charge in [0.1, 0.15) is 0 Å². The molecule has 2 aliphatic rings. The van der Waals surface area contributed by atoms with Gasteiger partial charge in [0.25, 0.3) is 0 Å². The molecule has 2 saturated heterocycles. The molecule has 1 spiro atoms. The Morgan fingerprint density at radius 3 is 2.58 bits per heavy atom. The Balaban J connectivity index is 1.60. The number of piperidine rings is 1. The summed E-state index contributed by atoms with van der Waals surface area (Å²) < 4.78 is 0. The number of carboxylic acid groups (broad SMARTS) is 1.